The minimum atomic E-state index is -1.96. The van der Waals surface area contributed by atoms with Crippen LogP contribution in [0.1, 0.15) is 45.4 Å². The van der Waals surface area contributed by atoms with Gasteiger partial charge < -0.3 is 4.74 Å². The van der Waals surface area contributed by atoms with Crippen molar-refractivity contribution in [2.75, 3.05) is 6.61 Å². The van der Waals surface area contributed by atoms with Crippen LogP contribution in [-0.2, 0) is 19.5 Å². The molecule has 2 rings (SSSR count). The molecule has 1 N–H and O–H groups in total. The van der Waals surface area contributed by atoms with Crippen LogP contribution in [0.15, 0.2) is 15.8 Å². The Bertz CT molecular complexity index is 710. The van der Waals surface area contributed by atoms with Crippen molar-refractivity contribution in [1.29, 1.82) is 0 Å². The van der Waals surface area contributed by atoms with Crippen LogP contribution < -0.4 is 11.2 Å². The minimum Gasteiger partial charge on any atom is -0.352 e. The van der Waals surface area contributed by atoms with E-state index in [1.807, 2.05) is 0 Å². The fraction of sp³-hybridized carbons (Fsp3) is 0.750. The summed E-state index contributed by atoms with van der Waals surface area (Å²) in [6.07, 6.45) is 2.46. The average Bonchev–Trinajstić information content (AvgIpc) is 2.94. The first-order chi connectivity index (χ1) is 11.5. The number of ether oxygens (including phenoxy) is 1. The Morgan fingerprint density at radius 2 is 2.04 bits per heavy atom. The monoisotopic (exact) mass is 434 g/mol. The Morgan fingerprint density at radius 3 is 2.64 bits per heavy atom. The fourth-order valence-electron chi connectivity index (χ4n) is 2.23. The maximum absolute atomic E-state index is 12.0. The van der Waals surface area contributed by atoms with Crippen LogP contribution in [0.25, 0.3) is 0 Å². The lowest BCUT2D eigenvalue weighted by atomic mass is 10.2. The van der Waals surface area contributed by atoms with Gasteiger partial charge in [-0.05, 0) is 31.0 Å². The molecule has 1 aromatic rings. The van der Waals surface area contributed by atoms with E-state index in [0.29, 0.717) is 23.9 Å². The molecule has 1 aliphatic heterocycles. The van der Waals surface area contributed by atoms with Crippen LogP contribution in [0.4, 0.5) is 0 Å². The summed E-state index contributed by atoms with van der Waals surface area (Å²) in [5.41, 5.74) is -0.346. The zero-order valence-corrected chi connectivity index (χ0v) is 18.0. The van der Waals surface area contributed by atoms with Crippen molar-refractivity contribution in [3.8, 4) is 0 Å². The van der Waals surface area contributed by atoms with Gasteiger partial charge in [0.05, 0.1) is 6.10 Å². The van der Waals surface area contributed by atoms with Crippen molar-refractivity contribution < 1.29 is 14.2 Å². The van der Waals surface area contributed by atoms with Crippen molar-refractivity contribution >= 4 is 24.2 Å². The van der Waals surface area contributed by atoms with Crippen molar-refractivity contribution in [3.63, 3.8) is 0 Å². The van der Waals surface area contributed by atoms with Crippen LogP contribution in [-0.4, -0.2) is 30.6 Å². The van der Waals surface area contributed by atoms with Gasteiger partial charge >= 0.3 is 5.69 Å². The number of halogens is 1. The molecule has 7 nitrogen and oxygen atoms in total. The molecule has 142 valence electrons. The topological polar surface area (TPSA) is 82.5 Å². The maximum Gasteiger partial charge on any atom is 0.330 e. The van der Waals surface area contributed by atoms with Gasteiger partial charge in [-0.15, -0.1) is 0 Å². The Kier molecular flexibility index (Phi) is 6.48. The van der Waals surface area contributed by atoms with Gasteiger partial charge in [-0.3, -0.25) is 18.9 Å². The molecule has 0 amide bonds. The predicted octanol–water partition coefficient (Wildman–Crippen LogP) is 3.06. The second-order valence-electron chi connectivity index (χ2n) is 7.87. The lowest BCUT2D eigenvalue weighted by Crippen LogP contribution is -2.41. The summed E-state index contributed by atoms with van der Waals surface area (Å²) in [6.45, 7) is 11.0. The zero-order valence-electron chi connectivity index (χ0n) is 15.4. The van der Waals surface area contributed by atoms with Crippen LogP contribution in [0, 0.1) is 0 Å². The van der Waals surface area contributed by atoms with E-state index in [1.54, 1.807) is 6.20 Å². The largest absolute Gasteiger partial charge is 0.352 e. The highest BCUT2D eigenvalue weighted by atomic mass is 79.9. The molecule has 0 bridgehead atoms. The first kappa shape index (κ1) is 20.6. The highest BCUT2D eigenvalue weighted by Crippen LogP contribution is 2.37. The fourth-order valence-corrected chi connectivity index (χ4v) is 3.24. The average molecular weight is 435 g/mol. The number of aromatic amines is 1. The summed E-state index contributed by atoms with van der Waals surface area (Å²) in [6, 6.07) is 0. The third-order valence-corrected chi connectivity index (χ3v) is 9.66. The van der Waals surface area contributed by atoms with E-state index < -0.39 is 20.2 Å². The predicted molar refractivity (Wildman–Crippen MR) is 101 cm³/mol. The third kappa shape index (κ3) is 4.91. The first-order valence-electron chi connectivity index (χ1n) is 8.41. The first-order valence-corrected chi connectivity index (χ1v) is 12.4. The molecule has 0 radical (unpaired) electrons. The van der Waals surface area contributed by atoms with Gasteiger partial charge in [-0.2, -0.15) is 0 Å². The summed E-state index contributed by atoms with van der Waals surface area (Å²) >= 11 is 3.25. The number of aromatic nitrogens is 2. The van der Waals surface area contributed by atoms with E-state index in [9.17, 15) is 9.59 Å². The highest BCUT2D eigenvalue weighted by Gasteiger charge is 2.39. The molecule has 2 heterocycles. The van der Waals surface area contributed by atoms with Gasteiger partial charge in [0.1, 0.15) is 12.8 Å². The molecule has 2 atom stereocenters. The van der Waals surface area contributed by atoms with Gasteiger partial charge in [-0.1, -0.05) is 36.7 Å². The second-order valence-corrected chi connectivity index (χ2v) is 13.1. The Labute approximate surface area is 156 Å². The molecule has 25 heavy (non-hydrogen) atoms. The van der Waals surface area contributed by atoms with Crippen LogP contribution >= 0.6 is 15.9 Å². The molecular formula is C16H27BrN2O5Si. The molecular weight excluding hydrogens is 408 g/mol. The molecule has 1 aromatic heterocycles. The summed E-state index contributed by atoms with van der Waals surface area (Å²) in [7, 11) is -1.96. The van der Waals surface area contributed by atoms with Crippen LogP contribution in [0.3, 0.4) is 0 Å². The summed E-state index contributed by atoms with van der Waals surface area (Å²) in [5, 5.41) is 0.448. The molecule has 0 saturated carbocycles. The van der Waals surface area contributed by atoms with Gasteiger partial charge in [-0.25, -0.2) is 9.68 Å². The van der Waals surface area contributed by atoms with Crippen LogP contribution in [0.2, 0.25) is 18.1 Å². The lowest BCUT2D eigenvalue weighted by molar-refractivity contribution is -0.241. The number of H-pyrrole nitrogens is 1. The number of nitrogens with zero attached hydrogens (tertiary/aromatic N) is 1. The zero-order chi connectivity index (χ0) is 18.8. The Balaban J connectivity index is 1.94. The van der Waals surface area contributed by atoms with Gasteiger partial charge in [0.25, 0.3) is 5.56 Å². The number of hydrogen-bond donors (Lipinski definition) is 1. The van der Waals surface area contributed by atoms with Crippen molar-refractivity contribution in [3.05, 3.63) is 32.6 Å². The standard InChI is InChI=1S/C16H27BrN2O5Si/c1-16(2,3)25(4,5)24-22-10-12-6-7-13(23-12)19-9-11(8-17)14(20)18-15(19)21/h9,12-13H,6-8,10H2,1-5H3,(H,18,20,21)/t12-,13+/m1/s1. The minimum absolute atomic E-state index is 0.0708. The molecule has 1 aliphatic rings. The third-order valence-electron chi connectivity index (χ3n) is 4.91. The molecule has 0 unspecified atom stereocenters. The van der Waals surface area contributed by atoms with Gasteiger partial charge in [0, 0.05) is 17.1 Å². The van der Waals surface area contributed by atoms with E-state index in [-0.39, 0.29) is 16.7 Å². The van der Waals surface area contributed by atoms with E-state index in [4.69, 9.17) is 14.2 Å². The molecule has 1 saturated heterocycles. The van der Waals surface area contributed by atoms with Crippen molar-refractivity contribution in [1.82, 2.24) is 9.55 Å². The van der Waals surface area contributed by atoms with E-state index in [1.165, 1.54) is 4.57 Å². The van der Waals surface area contributed by atoms with E-state index >= 15 is 0 Å². The van der Waals surface area contributed by atoms with E-state index in [0.717, 1.165) is 6.42 Å². The number of hydrogen-bond acceptors (Lipinski definition) is 5. The lowest BCUT2D eigenvalue weighted by Gasteiger charge is -2.34. The molecule has 1 fully saturated rings. The normalized spacial score (nSPS) is 21.7. The Morgan fingerprint density at radius 1 is 1.36 bits per heavy atom. The second kappa shape index (κ2) is 7.87. The number of alkyl halides is 1. The quantitative estimate of drug-likeness (QED) is 0.322. The maximum atomic E-state index is 12.0. The number of nitrogens with one attached hydrogen (secondary N) is 1. The summed E-state index contributed by atoms with van der Waals surface area (Å²) in [4.78, 5) is 31.5. The van der Waals surface area contributed by atoms with E-state index in [2.05, 4.69) is 54.8 Å². The SMILES string of the molecule is CC(C)(C)[Si](C)(C)OOC[C@H]1CC[C@@H](n2cc(CBr)c(=O)[nH]c2=O)O1. The highest BCUT2D eigenvalue weighted by molar-refractivity contribution is 9.08. The molecule has 0 spiro atoms. The molecule has 0 aromatic carbocycles. The van der Waals surface area contributed by atoms with Crippen molar-refractivity contribution in [2.24, 2.45) is 0 Å². The van der Waals surface area contributed by atoms with Gasteiger partial charge in [0.15, 0.2) is 0 Å². The summed E-state index contributed by atoms with van der Waals surface area (Å²) in [5.74, 6) is 0. The van der Waals surface area contributed by atoms with Crippen LogP contribution in [0.5, 0.6) is 0 Å². The van der Waals surface area contributed by atoms with Crippen molar-refractivity contribution in [2.45, 2.75) is 69.4 Å². The van der Waals surface area contributed by atoms with Gasteiger partial charge in [0.2, 0.25) is 8.32 Å². The summed E-state index contributed by atoms with van der Waals surface area (Å²) < 4.78 is 13.1. The Hall–Kier alpha value is -0.743. The molecule has 9 heteroatoms. The molecule has 0 aliphatic carbocycles. The number of rotatable bonds is 6. The smallest absolute Gasteiger partial charge is 0.330 e.